The molecule has 0 N–H and O–H groups in total. The minimum atomic E-state index is 0.126. The average Bonchev–Trinajstić information content (AvgIpc) is 2.79. The Bertz CT molecular complexity index is 1060. The molecule has 0 bridgehead atoms. The van der Waals surface area contributed by atoms with Crippen LogP contribution in [0.25, 0.3) is 0 Å². The number of amides is 1. The van der Waals surface area contributed by atoms with Crippen molar-refractivity contribution in [1.82, 2.24) is 14.9 Å². The average molecular weight is 471 g/mol. The summed E-state index contributed by atoms with van der Waals surface area (Å²) in [4.78, 5) is 27.0. The molecule has 1 aromatic heterocycles. The van der Waals surface area contributed by atoms with Gasteiger partial charge in [-0.15, -0.1) is 0 Å². The normalized spacial score (nSPS) is 14.0. The summed E-state index contributed by atoms with van der Waals surface area (Å²) in [5, 5.41) is 2.37. The van der Waals surface area contributed by atoms with Gasteiger partial charge in [0.05, 0.1) is 16.5 Å². The Hall–Kier alpha value is -2.22. The molecule has 0 spiro atoms. The number of halogens is 1. The maximum absolute atomic E-state index is 12.8. The van der Waals surface area contributed by atoms with Crippen LogP contribution in [0.3, 0.4) is 0 Å². The van der Waals surface area contributed by atoms with Gasteiger partial charge in [-0.05, 0) is 31.2 Å². The molecule has 8 heteroatoms. The highest BCUT2D eigenvalue weighted by Gasteiger charge is 2.23. The number of carbonyl (C=O) groups is 1. The summed E-state index contributed by atoms with van der Waals surface area (Å²) in [6.45, 7) is 5.01. The van der Waals surface area contributed by atoms with Crippen LogP contribution in [-0.2, 0) is 4.79 Å². The number of anilines is 1. The lowest BCUT2D eigenvalue weighted by molar-refractivity contribution is -0.128. The first-order chi connectivity index (χ1) is 15.1. The molecule has 0 saturated carbocycles. The fraction of sp³-hybridized carbons (Fsp3) is 0.261. The van der Waals surface area contributed by atoms with Crippen LogP contribution in [0.1, 0.15) is 5.56 Å². The van der Waals surface area contributed by atoms with Gasteiger partial charge < -0.3 is 9.80 Å². The molecule has 2 aromatic carbocycles. The Kier molecular flexibility index (Phi) is 7.37. The fourth-order valence-electron chi connectivity index (χ4n) is 3.40. The largest absolute Gasteiger partial charge is 0.367 e. The van der Waals surface area contributed by atoms with Crippen molar-refractivity contribution in [2.45, 2.75) is 21.9 Å². The number of aryl methyl sites for hydroxylation is 1. The van der Waals surface area contributed by atoms with E-state index in [0.717, 1.165) is 38.7 Å². The maximum Gasteiger partial charge on any atom is 0.233 e. The van der Waals surface area contributed by atoms with Gasteiger partial charge in [0.1, 0.15) is 10.1 Å². The zero-order valence-corrected chi connectivity index (χ0v) is 19.6. The predicted molar refractivity (Wildman–Crippen MR) is 128 cm³/mol. The topological polar surface area (TPSA) is 49.3 Å². The number of thioether (sulfide) groups is 1. The van der Waals surface area contributed by atoms with Gasteiger partial charge in [0, 0.05) is 43.5 Å². The van der Waals surface area contributed by atoms with Crippen LogP contribution in [0.5, 0.6) is 0 Å². The van der Waals surface area contributed by atoms with Crippen LogP contribution in [0.15, 0.2) is 75.9 Å². The Morgan fingerprint density at radius 3 is 2.48 bits per heavy atom. The second kappa shape index (κ2) is 10.4. The van der Waals surface area contributed by atoms with E-state index in [1.165, 1.54) is 17.3 Å². The van der Waals surface area contributed by atoms with E-state index in [9.17, 15) is 4.79 Å². The molecule has 2 heterocycles. The maximum atomic E-state index is 12.8. The highest BCUT2D eigenvalue weighted by molar-refractivity contribution is 8.02. The predicted octanol–water partition coefficient (Wildman–Crippen LogP) is 5.03. The Morgan fingerprint density at radius 2 is 1.74 bits per heavy atom. The summed E-state index contributed by atoms with van der Waals surface area (Å²) in [6, 6.07) is 16.1. The van der Waals surface area contributed by atoms with Gasteiger partial charge in [-0.3, -0.25) is 4.79 Å². The van der Waals surface area contributed by atoms with E-state index in [1.807, 2.05) is 35.2 Å². The number of nitrogens with zero attached hydrogens (tertiary/aromatic N) is 4. The monoisotopic (exact) mass is 470 g/mol. The van der Waals surface area contributed by atoms with Crippen LogP contribution in [0.2, 0.25) is 5.02 Å². The fourth-order valence-corrected chi connectivity index (χ4v) is 5.58. The van der Waals surface area contributed by atoms with E-state index in [-0.39, 0.29) is 5.91 Å². The van der Waals surface area contributed by atoms with Gasteiger partial charge in [-0.25, -0.2) is 9.97 Å². The smallest absolute Gasteiger partial charge is 0.233 e. The van der Waals surface area contributed by atoms with E-state index in [0.29, 0.717) is 18.8 Å². The van der Waals surface area contributed by atoms with Crippen molar-refractivity contribution in [2.75, 3.05) is 36.8 Å². The molecule has 0 atom stereocenters. The third-order valence-electron chi connectivity index (χ3n) is 5.00. The van der Waals surface area contributed by atoms with Crippen LogP contribution in [-0.4, -0.2) is 52.7 Å². The highest BCUT2D eigenvalue weighted by atomic mass is 35.5. The van der Waals surface area contributed by atoms with Crippen LogP contribution >= 0.6 is 35.1 Å². The van der Waals surface area contributed by atoms with Crippen molar-refractivity contribution >= 4 is 46.7 Å². The van der Waals surface area contributed by atoms with Crippen molar-refractivity contribution < 1.29 is 4.79 Å². The summed E-state index contributed by atoms with van der Waals surface area (Å²) < 4.78 is 0. The summed E-state index contributed by atoms with van der Waals surface area (Å²) in [5.41, 5.74) is 2.23. The molecule has 160 valence electrons. The second-order valence-corrected chi connectivity index (χ2v) is 9.63. The van der Waals surface area contributed by atoms with Crippen molar-refractivity contribution in [1.29, 1.82) is 0 Å². The molecule has 1 fully saturated rings. The zero-order valence-electron chi connectivity index (χ0n) is 17.2. The lowest BCUT2D eigenvalue weighted by Crippen LogP contribution is -2.49. The lowest BCUT2D eigenvalue weighted by atomic mass is 10.2. The molecular formula is C23H23ClN4OS2. The molecule has 1 aliphatic rings. The first kappa shape index (κ1) is 22.0. The van der Waals surface area contributed by atoms with Crippen molar-refractivity contribution in [3.8, 4) is 0 Å². The molecule has 31 heavy (non-hydrogen) atoms. The molecule has 4 rings (SSSR count). The number of carbonyl (C=O) groups excluding carboxylic acids is 1. The summed E-state index contributed by atoms with van der Waals surface area (Å²) >= 11 is 9.34. The molecule has 5 nitrogen and oxygen atoms in total. The lowest BCUT2D eigenvalue weighted by Gasteiger charge is -2.36. The van der Waals surface area contributed by atoms with E-state index in [1.54, 1.807) is 24.2 Å². The van der Waals surface area contributed by atoms with Crippen molar-refractivity contribution in [3.63, 3.8) is 0 Å². The minimum Gasteiger partial charge on any atom is -0.367 e. The molecule has 1 saturated heterocycles. The second-order valence-electron chi connectivity index (χ2n) is 7.19. The minimum absolute atomic E-state index is 0.126. The van der Waals surface area contributed by atoms with Crippen molar-refractivity contribution in [3.05, 3.63) is 71.5 Å². The summed E-state index contributed by atoms with van der Waals surface area (Å²) in [6.07, 6.45) is 3.37. The Morgan fingerprint density at radius 1 is 1.00 bits per heavy atom. The van der Waals surface area contributed by atoms with E-state index in [4.69, 9.17) is 11.6 Å². The van der Waals surface area contributed by atoms with Gasteiger partial charge >= 0.3 is 0 Å². The number of hydrogen-bond acceptors (Lipinski definition) is 6. The van der Waals surface area contributed by atoms with Crippen LogP contribution < -0.4 is 4.90 Å². The van der Waals surface area contributed by atoms with Gasteiger partial charge in [0.15, 0.2) is 0 Å². The van der Waals surface area contributed by atoms with E-state index >= 15 is 0 Å². The molecule has 0 aliphatic carbocycles. The Balaban J connectivity index is 1.33. The van der Waals surface area contributed by atoms with Gasteiger partial charge in [0.25, 0.3) is 0 Å². The Labute approximate surface area is 196 Å². The third-order valence-corrected chi connectivity index (χ3v) is 7.39. The molecule has 3 aromatic rings. The quantitative estimate of drug-likeness (QED) is 0.471. The van der Waals surface area contributed by atoms with Crippen LogP contribution in [0.4, 0.5) is 5.69 Å². The number of piperazine rings is 1. The van der Waals surface area contributed by atoms with Gasteiger partial charge in [0.2, 0.25) is 5.91 Å². The number of hydrogen-bond donors (Lipinski definition) is 0. The number of benzene rings is 2. The zero-order chi connectivity index (χ0) is 21.6. The molecule has 0 unspecified atom stereocenters. The molecule has 1 aliphatic heterocycles. The highest BCUT2D eigenvalue weighted by Crippen LogP contribution is 2.33. The van der Waals surface area contributed by atoms with Crippen molar-refractivity contribution in [2.24, 2.45) is 0 Å². The molecule has 1 amide bonds. The van der Waals surface area contributed by atoms with Gasteiger partial charge in [-0.2, -0.15) is 0 Å². The SMILES string of the molecule is Cc1cccc(Sc2nccnc2SCC(=O)N2CCN(c3ccccc3Cl)CC2)c1. The molecular weight excluding hydrogens is 448 g/mol. The number of aromatic nitrogens is 2. The summed E-state index contributed by atoms with van der Waals surface area (Å²) in [7, 11) is 0. The number of para-hydroxylation sites is 1. The first-order valence-electron chi connectivity index (χ1n) is 10.1. The summed E-state index contributed by atoms with van der Waals surface area (Å²) in [5.74, 6) is 0.479. The van der Waals surface area contributed by atoms with E-state index < -0.39 is 0 Å². The number of rotatable bonds is 6. The standard InChI is InChI=1S/C23H23ClN4OS2/c1-17-5-4-6-18(15-17)31-23-22(25-9-10-26-23)30-16-21(29)28-13-11-27(12-14-28)20-8-3-2-7-19(20)24/h2-10,15H,11-14,16H2,1H3. The van der Waals surface area contributed by atoms with Gasteiger partial charge in [-0.1, -0.05) is 65.0 Å². The van der Waals surface area contributed by atoms with Crippen LogP contribution in [0, 0.1) is 6.92 Å². The van der Waals surface area contributed by atoms with E-state index in [2.05, 4.69) is 40.0 Å². The first-order valence-corrected chi connectivity index (χ1v) is 12.2. The molecule has 0 radical (unpaired) electrons. The third kappa shape index (κ3) is 5.73.